The molecular formula is C22H29IN4O2. The minimum Gasteiger partial charge on any atom is -0.396 e. The number of fused-ring (bicyclic) bond motifs is 1. The molecule has 0 spiro atoms. The maximum absolute atomic E-state index is 12.6. The first-order chi connectivity index (χ1) is 13.7. The van der Waals surface area contributed by atoms with E-state index in [1.165, 1.54) is 11.1 Å². The SMILES string of the molecule is CN=C(NCC(=O)N1CCc2ccccc2C1)NCC(CO)c1ccccc1.I. The molecule has 1 unspecified atom stereocenters. The number of hydrogen-bond donors (Lipinski definition) is 3. The normalized spacial score (nSPS) is 14.4. The molecule has 3 N–H and O–H groups in total. The molecule has 7 heteroatoms. The van der Waals surface area contributed by atoms with Gasteiger partial charge in [-0.25, -0.2) is 0 Å². The zero-order chi connectivity index (χ0) is 19.8. The van der Waals surface area contributed by atoms with Crippen molar-refractivity contribution in [2.24, 2.45) is 4.99 Å². The average Bonchev–Trinajstić information content (AvgIpc) is 2.76. The van der Waals surface area contributed by atoms with Gasteiger partial charge < -0.3 is 20.6 Å². The van der Waals surface area contributed by atoms with Crippen LogP contribution in [-0.4, -0.2) is 55.2 Å². The molecule has 1 atom stereocenters. The third-order valence-corrected chi connectivity index (χ3v) is 5.12. The minimum absolute atomic E-state index is 0. The number of guanidine groups is 1. The molecule has 0 bridgehead atoms. The Morgan fingerprint density at radius 1 is 1.10 bits per heavy atom. The second-order valence-corrected chi connectivity index (χ2v) is 6.93. The van der Waals surface area contributed by atoms with Crippen LogP contribution in [-0.2, 0) is 17.8 Å². The molecule has 0 aromatic heterocycles. The highest BCUT2D eigenvalue weighted by Gasteiger charge is 2.20. The molecule has 2 aromatic carbocycles. The van der Waals surface area contributed by atoms with Crippen LogP contribution in [0.2, 0.25) is 0 Å². The van der Waals surface area contributed by atoms with E-state index in [9.17, 15) is 9.90 Å². The fraction of sp³-hybridized carbons (Fsp3) is 0.364. The van der Waals surface area contributed by atoms with Crippen molar-refractivity contribution in [1.82, 2.24) is 15.5 Å². The van der Waals surface area contributed by atoms with Crippen LogP contribution in [0, 0.1) is 0 Å². The summed E-state index contributed by atoms with van der Waals surface area (Å²) in [6.45, 7) is 2.16. The fourth-order valence-electron chi connectivity index (χ4n) is 3.43. The Bertz CT molecular complexity index is 813. The summed E-state index contributed by atoms with van der Waals surface area (Å²) in [5.74, 6) is 0.577. The summed E-state index contributed by atoms with van der Waals surface area (Å²) >= 11 is 0. The monoisotopic (exact) mass is 508 g/mol. The number of benzene rings is 2. The molecule has 6 nitrogen and oxygen atoms in total. The van der Waals surface area contributed by atoms with Gasteiger partial charge in [0.2, 0.25) is 5.91 Å². The van der Waals surface area contributed by atoms with Crippen LogP contribution in [0.1, 0.15) is 22.6 Å². The Balaban J connectivity index is 0.00000300. The molecule has 1 aliphatic heterocycles. The number of amides is 1. The molecule has 2 aromatic rings. The van der Waals surface area contributed by atoms with Crippen molar-refractivity contribution in [3.63, 3.8) is 0 Å². The predicted octanol–water partition coefficient (Wildman–Crippen LogP) is 2.13. The first-order valence-electron chi connectivity index (χ1n) is 9.66. The quantitative estimate of drug-likeness (QED) is 0.318. The lowest BCUT2D eigenvalue weighted by Gasteiger charge is -2.29. The standard InChI is InChI=1S/C22H28N4O2.HI/c1-23-22(24-13-20(16-27)17-7-3-2-4-8-17)25-14-21(28)26-12-11-18-9-5-6-10-19(18)15-26;/h2-10,20,27H,11-16H2,1H3,(H2,23,24,25);1H. The maximum Gasteiger partial charge on any atom is 0.242 e. The molecular weight excluding hydrogens is 479 g/mol. The third kappa shape index (κ3) is 6.43. The second-order valence-electron chi connectivity index (χ2n) is 6.93. The average molecular weight is 508 g/mol. The van der Waals surface area contributed by atoms with Crippen LogP contribution in [0.15, 0.2) is 59.6 Å². The van der Waals surface area contributed by atoms with Crippen molar-refractivity contribution in [2.45, 2.75) is 18.9 Å². The number of nitrogens with one attached hydrogen (secondary N) is 2. The van der Waals surface area contributed by atoms with Crippen molar-refractivity contribution >= 4 is 35.8 Å². The number of carbonyl (C=O) groups is 1. The van der Waals surface area contributed by atoms with Crippen LogP contribution in [0.3, 0.4) is 0 Å². The van der Waals surface area contributed by atoms with E-state index in [0.29, 0.717) is 19.0 Å². The second kappa shape index (κ2) is 11.8. The third-order valence-electron chi connectivity index (χ3n) is 5.12. The van der Waals surface area contributed by atoms with Gasteiger partial charge in [0.15, 0.2) is 5.96 Å². The number of aliphatic hydroxyl groups excluding tert-OH is 1. The van der Waals surface area contributed by atoms with E-state index in [4.69, 9.17) is 0 Å². The van der Waals surface area contributed by atoms with Gasteiger partial charge in [0.25, 0.3) is 0 Å². The highest BCUT2D eigenvalue weighted by Crippen LogP contribution is 2.18. The van der Waals surface area contributed by atoms with Gasteiger partial charge in [0.05, 0.1) is 13.2 Å². The molecule has 156 valence electrons. The lowest BCUT2D eigenvalue weighted by atomic mass is 10.00. The van der Waals surface area contributed by atoms with E-state index >= 15 is 0 Å². The lowest BCUT2D eigenvalue weighted by molar-refractivity contribution is -0.130. The molecule has 0 aliphatic carbocycles. The van der Waals surface area contributed by atoms with Gasteiger partial charge in [-0.3, -0.25) is 9.79 Å². The number of hydrogen-bond acceptors (Lipinski definition) is 3. The van der Waals surface area contributed by atoms with E-state index < -0.39 is 0 Å². The number of carbonyl (C=O) groups excluding carboxylic acids is 1. The van der Waals surface area contributed by atoms with Crippen LogP contribution in [0.25, 0.3) is 0 Å². The van der Waals surface area contributed by atoms with Gasteiger partial charge in [0, 0.05) is 32.6 Å². The van der Waals surface area contributed by atoms with Crippen LogP contribution >= 0.6 is 24.0 Å². The first kappa shape index (κ1) is 23.2. The summed E-state index contributed by atoms with van der Waals surface area (Å²) in [5, 5.41) is 16.0. The van der Waals surface area contributed by atoms with Crippen molar-refractivity contribution in [1.29, 1.82) is 0 Å². The van der Waals surface area contributed by atoms with E-state index in [1.54, 1.807) is 7.05 Å². The van der Waals surface area contributed by atoms with Crippen molar-refractivity contribution in [3.05, 3.63) is 71.3 Å². The highest BCUT2D eigenvalue weighted by atomic mass is 127. The molecule has 1 heterocycles. The summed E-state index contributed by atoms with van der Waals surface area (Å²) in [6, 6.07) is 18.1. The molecule has 1 aliphatic rings. The Morgan fingerprint density at radius 2 is 1.79 bits per heavy atom. The number of halogens is 1. The van der Waals surface area contributed by atoms with Crippen LogP contribution in [0.4, 0.5) is 0 Å². The van der Waals surface area contributed by atoms with E-state index in [0.717, 1.165) is 18.5 Å². The highest BCUT2D eigenvalue weighted by molar-refractivity contribution is 14.0. The zero-order valence-corrected chi connectivity index (χ0v) is 19.0. The van der Waals surface area contributed by atoms with Crippen LogP contribution < -0.4 is 10.6 Å². The van der Waals surface area contributed by atoms with E-state index in [2.05, 4.69) is 27.8 Å². The Hall–Kier alpha value is -2.13. The van der Waals surface area contributed by atoms with Gasteiger partial charge in [-0.15, -0.1) is 24.0 Å². The van der Waals surface area contributed by atoms with Gasteiger partial charge in [-0.1, -0.05) is 54.6 Å². The largest absolute Gasteiger partial charge is 0.396 e. The molecule has 0 saturated carbocycles. The Labute approximate surface area is 189 Å². The van der Waals surface area contributed by atoms with Gasteiger partial charge in [-0.2, -0.15) is 0 Å². The van der Waals surface area contributed by atoms with Crippen molar-refractivity contribution < 1.29 is 9.90 Å². The molecule has 1 amide bonds. The topological polar surface area (TPSA) is 77.0 Å². The number of rotatable bonds is 6. The summed E-state index contributed by atoms with van der Waals surface area (Å²) in [7, 11) is 1.67. The molecule has 0 saturated heterocycles. The molecule has 29 heavy (non-hydrogen) atoms. The zero-order valence-electron chi connectivity index (χ0n) is 16.7. The maximum atomic E-state index is 12.6. The van der Waals surface area contributed by atoms with Crippen molar-refractivity contribution in [2.75, 3.05) is 33.3 Å². The Morgan fingerprint density at radius 3 is 2.48 bits per heavy atom. The molecule has 3 rings (SSSR count). The molecule has 0 radical (unpaired) electrons. The van der Waals surface area contributed by atoms with Crippen LogP contribution in [0.5, 0.6) is 0 Å². The number of aliphatic imine (C=N–C) groups is 1. The lowest BCUT2D eigenvalue weighted by Crippen LogP contribution is -2.46. The summed E-state index contributed by atoms with van der Waals surface area (Å²) in [4.78, 5) is 18.6. The van der Waals surface area contributed by atoms with Gasteiger partial charge >= 0.3 is 0 Å². The summed E-state index contributed by atoms with van der Waals surface area (Å²) in [5.41, 5.74) is 3.61. The van der Waals surface area contributed by atoms with E-state index in [1.807, 2.05) is 47.4 Å². The smallest absolute Gasteiger partial charge is 0.242 e. The van der Waals surface area contributed by atoms with Gasteiger partial charge in [0.1, 0.15) is 0 Å². The number of aliphatic hydroxyl groups is 1. The van der Waals surface area contributed by atoms with E-state index in [-0.39, 0.29) is 49.0 Å². The van der Waals surface area contributed by atoms with Crippen molar-refractivity contribution in [3.8, 4) is 0 Å². The summed E-state index contributed by atoms with van der Waals surface area (Å²) in [6.07, 6.45) is 0.893. The predicted molar refractivity (Wildman–Crippen MR) is 127 cm³/mol. The molecule has 0 fully saturated rings. The summed E-state index contributed by atoms with van der Waals surface area (Å²) < 4.78 is 0. The Kier molecular flexibility index (Phi) is 9.40. The first-order valence-corrected chi connectivity index (χ1v) is 9.66. The van der Waals surface area contributed by atoms with Gasteiger partial charge in [-0.05, 0) is 23.1 Å². The number of nitrogens with zero attached hydrogens (tertiary/aromatic N) is 2. The minimum atomic E-state index is -0.0333. The fourth-order valence-corrected chi connectivity index (χ4v) is 3.43.